The van der Waals surface area contributed by atoms with Crippen molar-refractivity contribution in [2.45, 2.75) is 90.3 Å². The molecule has 0 aromatic rings. The van der Waals surface area contributed by atoms with E-state index in [0.717, 1.165) is 30.4 Å². The number of ether oxygens (including phenoxy) is 2. The molecule has 1 saturated heterocycles. The Morgan fingerprint density at radius 1 is 1.04 bits per heavy atom. The molecule has 0 amide bonds. The van der Waals surface area contributed by atoms with Crippen LogP contribution in [0.25, 0.3) is 0 Å². The van der Waals surface area contributed by atoms with Crippen LogP contribution < -0.4 is 0 Å². The van der Waals surface area contributed by atoms with Crippen LogP contribution in [0.1, 0.15) is 53.4 Å². The van der Waals surface area contributed by atoms with Crippen molar-refractivity contribution in [2.75, 3.05) is 13.2 Å². The number of rotatable bonds is 10. The maximum atomic E-state index is 6.86. The van der Waals surface area contributed by atoms with Gasteiger partial charge in [0.25, 0.3) is 0 Å². The first kappa shape index (κ1) is 21.6. The van der Waals surface area contributed by atoms with Crippen molar-refractivity contribution in [1.29, 1.82) is 0 Å². The van der Waals surface area contributed by atoms with E-state index in [1.165, 1.54) is 12.5 Å². The van der Waals surface area contributed by atoms with Crippen molar-refractivity contribution in [3.63, 3.8) is 0 Å². The van der Waals surface area contributed by atoms with E-state index in [9.17, 15) is 0 Å². The van der Waals surface area contributed by atoms with Gasteiger partial charge >= 0.3 is 0 Å². The standard InChI is InChI=1S/C20H38O3Si/c1-9-18(21-14-16(3)4)20(12-11-13-24(7,8)23-20)19(10-2)22-15-17(5)6/h18-19H,3,5,9-15H2,1-2,4,6-8H3. The Bertz CT molecular complexity index is 405. The fraction of sp³-hybridized carbons (Fsp3) is 0.800. The van der Waals surface area contributed by atoms with Crippen LogP contribution in [0.5, 0.6) is 0 Å². The van der Waals surface area contributed by atoms with Crippen molar-refractivity contribution >= 4 is 8.32 Å². The van der Waals surface area contributed by atoms with Gasteiger partial charge in [0.15, 0.2) is 8.32 Å². The zero-order chi connectivity index (χ0) is 18.4. The summed E-state index contributed by atoms with van der Waals surface area (Å²) in [7, 11) is -1.70. The monoisotopic (exact) mass is 354 g/mol. The summed E-state index contributed by atoms with van der Waals surface area (Å²) < 4.78 is 19.4. The normalized spacial score (nSPS) is 25.9. The van der Waals surface area contributed by atoms with Gasteiger partial charge in [0.05, 0.1) is 25.4 Å². The van der Waals surface area contributed by atoms with Crippen molar-refractivity contribution in [3.8, 4) is 0 Å². The predicted molar refractivity (Wildman–Crippen MR) is 105 cm³/mol. The Hall–Kier alpha value is -0.423. The first-order valence-electron chi connectivity index (χ1n) is 9.39. The van der Waals surface area contributed by atoms with E-state index >= 15 is 0 Å². The highest BCUT2D eigenvalue weighted by atomic mass is 28.4. The molecule has 2 unspecified atom stereocenters. The van der Waals surface area contributed by atoms with Gasteiger partial charge < -0.3 is 13.9 Å². The summed E-state index contributed by atoms with van der Waals surface area (Å²) in [4.78, 5) is 0. The molecule has 2 atom stereocenters. The molecule has 0 aromatic carbocycles. The van der Waals surface area contributed by atoms with Crippen LogP contribution in [-0.2, 0) is 13.9 Å². The van der Waals surface area contributed by atoms with Gasteiger partial charge in [-0.25, -0.2) is 0 Å². The molecular formula is C20H38O3Si. The molecule has 0 spiro atoms. The van der Waals surface area contributed by atoms with Gasteiger partial charge in [-0.2, -0.15) is 0 Å². The molecule has 0 bridgehead atoms. The zero-order valence-corrected chi connectivity index (χ0v) is 17.7. The van der Waals surface area contributed by atoms with Crippen LogP contribution in [-0.4, -0.2) is 39.3 Å². The minimum atomic E-state index is -1.70. The van der Waals surface area contributed by atoms with Gasteiger partial charge in [-0.3, -0.25) is 0 Å². The smallest absolute Gasteiger partial charge is 0.187 e. The van der Waals surface area contributed by atoms with Gasteiger partial charge in [-0.05, 0) is 52.2 Å². The van der Waals surface area contributed by atoms with Gasteiger partial charge in [-0.1, -0.05) is 44.6 Å². The van der Waals surface area contributed by atoms with Crippen molar-refractivity contribution in [1.82, 2.24) is 0 Å². The average Bonchev–Trinajstić information content (AvgIpc) is 2.46. The molecule has 4 heteroatoms. The van der Waals surface area contributed by atoms with E-state index < -0.39 is 8.32 Å². The maximum absolute atomic E-state index is 6.86. The van der Waals surface area contributed by atoms with Crippen LogP contribution >= 0.6 is 0 Å². The molecule has 0 aliphatic carbocycles. The lowest BCUT2D eigenvalue weighted by Gasteiger charge is -2.52. The average molecular weight is 355 g/mol. The predicted octanol–water partition coefficient (Wildman–Crippen LogP) is 5.48. The Kier molecular flexibility index (Phi) is 8.40. The molecule has 3 nitrogen and oxygen atoms in total. The fourth-order valence-corrected chi connectivity index (χ4v) is 6.29. The second kappa shape index (κ2) is 9.32. The van der Waals surface area contributed by atoms with Crippen molar-refractivity contribution in [3.05, 3.63) is 24.3 Å². The summed E-state index contributed by atoms with van der Waals surface area (Å²) in [5.41, 5.74) is 1.75. The number of hydrogen-bond donors (Lipinski definition) is 0. The maximum Gasteiger partial charge on any atom is 0.187 e. The van der Waals surface area contributed by atoms with E-state index in [2.05, 4.69) is 40.1 Å². The van der Waals surface area contributed by atoms with E-state index in [-0.39, 0.29) is 17.8 Å². The Morgan fingerprint density at radius 2 is 1.50 bits per heavy atom. The Labute approximate surface area is 150 Å². The van der Waals surface area contributed by atoms with Crippen LogP contribution in [0.15, 0.2) is 24.3 Å². The van der Waals surface area contributed by atoms with Crippen LogP contribution in [0.4, 0.5) is 0 Å². The highest BCUT2D eigenvalue weighted by Crippen LogP contribution is 2.42. The molecule has 1 aliphatic heterocycles. The second-order valence-electron chi connectivity index (χ2n) is 8.00. The zero-order valence-electron chi connectivity index (χ0n) is 16.7. The third kappa shape index (κ3) is 5.83. The summed E-state index contributed by atoms with van der Waals surface area (Å²) in [6.07, 6.45) is 4.12. The first-order valence-corrected chi connectivity index (χ1v) is 12.5. The van der Waals surface area contributed by atoms with Crippen LogP contribution in [0.3, 0.4) is 0 Å². The third-order valence-electron chi connectivity index (χ3n) is 4.71. The molecule has 0 radical (unpaired) electrons. The van der Waals surface area contributed by atoms with Crippen molar-refractivity contribution < 1.29 is 13.9 Å². The summed E-state index contributed by atoms with van der Waals surface area (Å²) in [5, 5.41) is 0. The third-order valence-corrected chi connectivity index (χ3v) is 7.20. The van der Waals surface area contributed by atoms with Gasteiger partial charge in [-0.15, -0.1) is 0 Å². The SMILES string of the molecule is C=C(C)COC(CC)C1(C(CC)OCC(=C)C)CCC[Si](C)(C)O1. The molecule has 1 fully saturated rings. The number of hydrogen-bond acceptors (Lipinski definition) is 3. The lowest BCUT2D eigenvalue weighted by molar-refractivity contribution is -0.177. The van der Waals surface area contributed by atoms with Crippen molar-refractivity contribution in [2.24, 2.45) is 0 Å². The molecule has 0 aromatic heterocycles. The Morgan fingerprint density at radius 3 is 1.83 bits per heavy atom. The van der Waals surface area contributed by atoms with Gasteiger partial charge in [0.2, 0.25) is 0 Å². The molecule has 0 N–H and O–H groups in total. The molecule has 24 heavy (non-hydrogen) atoms. The summed E-state index contributed by atoms with van der Waals surface area (Å²) in [5.74, 6) is 0. The van der Waals surface area contributed by atoms with Crippen LogP contribution in [0, 0.1) is 0 Å². The van der Waals surface area contributed by atoms with Crippen LogP contribution in [0.2, 0.25) is 19.1 Å². The van der Waals surface area contributed by atoms with E-state index in [1.807, 2.05) is 13.8 Å². The van der Waals surface area contributed by atoms with E-state index in [1.54, 1.807) is 0 Å². The summed E-state index contributed by atoms with van der Waals surface area (Å²) in [6, 6.07) is 1.21. The Balaban J connectivity index is 3.12. The first-order chi connectivity index (χ1) is 11.2. The molecule has 1 rings (SSSR count). The van der Waals surface area contributed by atoms with E-state index in [4.69, 9.17) is 13.9 Å². The van der Waals surface area contributed by atoms with Gasteiger partial charge in [0, 0.05) is 0 Å². The largest absolute Gasteiger partial charge is 0.407 e. The molecule has 1 aliphatic rings. The topological polar surface area (TPSA) is 27.7 Å². The lowest BCUT2D eigenvalue weighted by atomic mass is 9.82. The van der Waals surface area contributed by atoms with E-state index in [0.29, 0.717) is 13.2 Å². The molecule has 0 saturated carbocycles. The highest BCUT2D eigenvalue weighted by molar-refractivity contribution is 6.71. The summed E-state index contributed by atoms with van der Waals surface area (Å²) >= 11 is 0. The lowest BCUT2D eigenvalue weighted by Crippen LogP contribution is -2.62. The second-order valence-corrected chi connectivity index (χ2v) is 12.2. The molecule has 140 valence electrons. The minimum Gasteiger partial charge on any atom is -0.407 e. The quantitative estimate of drug-likeness (QED) is 0.384. The van der Waals surface area contributed by atoms with Gasteiger partial charge in [0.1, 0.15) is 5.60 Å². The minimum absolute atomic E-state index is 0.0383. The highest BCUT2D eigenvalue weighted by Gasteiger charge is 2.52. The fourth-order valence-electron chi connectivity index (χ4n) is 3.76. The molecule has 1 heterocycles. The summed E-state index contributed by atoms with van der Waals surface area (Å²) in [6.45, 7) is 22.2. The molecular weight excluding hydrogens is 316 g/mol.